The third kappa shape index (κ3) is 5.51. The maximum absolute atomic E-state index is 13.6. The molecule has 29 heavy (non-hydrogen) atoms. The standard InChI is InChI=1S/C23H22F2N2O2/c24-18-6-4-16(5-7-18)13-27(14-17-2-1-3-19(25)12-17)15-21-10-11-22(29-21)23(28)26-20-8-9-20/h1-7,10-12,20H,8-9,13-15H2,(H,26,28). The topological polar surface area (TPSA) is 45.5 Å². The molecule has 0 radical (unpaired) electrons. The number of rotatable bonds is 8. The van der Waals surface area contributed by atoms with Gasteiger partial charge in [-0.1, -0.05) is 24.3 Å². The fourth-order valence-corrected chi connectivity index (χ4v) is 3.20. The van der Waals surface area contributed by atoms with E-state index in [-0.39, 0.29) is 23.6 Å². The highest BCUT2D eigenvalue weighted by atomic mass is 19.1. The highest BCUT2D eigenvalue weighted by molar-refractivity contribution is 5.91. The Morgan fingerprint density at radius 3 is 2.41 bits per heavy atom. The molecule has 0 saturated heterocycles. The highest BCUT2D eigenvalue weighted by Gasteiger charge is 2.25. The number of furan rings is 1. The summed E-state index contributed by atoms with van der Waals surface area (Å²) in [6.45, 7) is 1.45. The van der Waals surface area contributed by atoms with Gasteiger partial charge in [-0.15, -0.1) is 0 Å². The molecule has 0 bridgehead atoms. The molecule has 1 saturated carbocycles. The molecule has 1 aromatic heterocycles. The Labute approximate surface area is 168 Å². The van der Waals surface area contributed by atoms with Crippen LogP contribution in [0.4, 0.5) is 8.78 Å². The van der Waals surface area contributed by atoms with Crippen LogP contribution in [-0.2, 0) is 19.6 Å². The Balaban J connectivity index is 1.48. The summed E-state index contributed by atoms with van der Waals surface area (Å²) in [6, 6.07) is 16.4. The molecular weight excluding hydrogens is 374 g/mol. The monoisotopic (exact) mass is 396 g/mol. The van der Waals surface area contributed by atoms with Crippen molar-refractivity contribution < 1.29 is 18.0 Å². The fraction of sp³-hybridized carbons (Fsp3) is 0.261. The zero-order valence-corrected chi connectivity index (χ0v) is 15.9. The van der Waals surface area contributed by atoms with E-state index in [1.807, 2.05) is 6.07 Å². The molecule has 0 aliphatic heterocycles. The molecule has 0 atom stereocenters. The lowest BCUT2D eigenvalue weighted by Crippen LogP contribution is -2.25. The molecule has 1 aliphatic carbocycles. The largest absolute Gasteiger partial charge is 0.455 e. The van der Waals surface area contributed by atoms with Crippen molar-refractivity contribution in [3.63, 3.8) is 0 Å². The van der Waals surface area contributed by atoms with Crippen molar-refractivity contribution in [3.8, 4) is 0 Å². The van der Waals surface area contributed by atoms with E-state index in [9.17, 15) is 13.6 Å². The summed E-state index contributed by atoms with van der Waals surface area (Å²) in [4.78, 5) is 14.2. The second-order valence-electron chi connectivity index (χ2n) is 7.42. The first-order chi connectivity index (χ1) is 14.0. The first-order valence-corrected chi connectivity index (χ1v) is 9.66. The van der Waals surface area contributed by atoms with Crippen LogP contribution in [0.5, 0.6) is 0 Å². The molecule has 4 nitrogen and oxygen atoms in total. The Kier molecular flexibility index (Phi) is 5.71. The van der Waals surface area contributed by atoms with Crippen LogP contribution in [0, 0.1) is 11.6 Å². The van der Waals surface area contributed by atoms with Crippen LogP contribution in [0.15, 0.2) is 65.1 Å². The molecule has 2 aromatic carbocycles. The average Bonchev–Trinajstić information content (AvgIpc) is 3.38. The second kappa shape index (κ2) is 8.57. The van der Waals surface area contributed by atoms with Crippen LogP contribution in [0.2, 0.25) is 0 Å². The van der Waals surface area contributed by atoms with E-state index < -0.39 is 0 Å². The van der Waals surface area contributed by atoms with E-state index in [2.05, 4.69) is 10.2 Å². The molecule has 1 heterocycles. The summed E-state index contributed by atoms with van der Waals surface area (Å²) in [7, 11) is 0. The third-order valence-corrected chi connectivity index (χ3v) is 4.79. The number of carbonyl (C=O) groups is 1. The maximum Gasteiger partial charge on any atom is 0.287 e. The summed E-state index contributed by atoms with van der Waals surface area (Å²) < 4.78 is 32.6. The smallest absolute Gasteiger partial charge is 0.287 e. The van der Waals surface area contributed by atoms with Crippen molar-refractivity contribution in [2.24, 2.45) is 0 Å². The van der Waals surface area contributed by atoms with Crippen molar-refractivity contribution in [2.75, 3.05) is 0 Å². The van der Waals surface area contributed by atoms with Crippen LogP contribution in [-0.4, -0.2) is 16.8 Å². The number of hydrogen-bond donors (Lipinski definition) is 1. The van der Waals surface area contributed by atoms with E-state index in [1.54, 1.807) is 30.3 Å². The number of benzene rings is 2. The number of hydrogen-bond acceptors (Lipinski definition) is 3. The predicted octanol–water partition coefficient (Wildman–Crippen LogP) is 4.65. The van der Waals surface area contributed by atoms with Crippen molar-refractivity contribution in [2.45, 2.75) is 38.5 Å². The van der Waals surface area contributed by atoms with Gasteiger partial charge in [0.05, 0.1) is 6.54 Å². The molecule has 6 heteroatoms. The Hall–Kier alpha value is -2.99. The van der Waals surface area contributed by atoms with Gasteiger partial charge in [0.25, 0.3) is 5.91 Å². The lowest BCUT2D eigenvalue weighted by molar-refractivity contribution is 0.0918. The minimum Gasteiger partial charge on any atom is -0.455 e. The molecule has 0 spiro atoms. The maximum atomic E-state index is 13.6. The summed E-state index contributed by atoms with van der Waals surface area (Å²) in [6.07, 6.45) is 2.02. The highest BCUT2D eigenvalue weighted by Crippen LogP contribution is 2.21. The van der Waals surface area contributed by atoms with Crippen LogP contribution in [0.1, 0.15) is 40.3 Å². The third-order valence-electron chi connectivity index (χ3n) is 4.79. The number of amides is 1. The molecule has 1 amide bonds. The van der Waals surface area contributed by atoms with Crippen LogP contribution in [0.3, 0.4) is 0 Å². The first kappa shape index (κ1) is 19.3. The fourth-order valence-electron chi connectivity index (χ4n) is 3.20. The van der Waals surface area contributed by atoms with Gasteiger partial charge in [-0.05, 0) is 60.4 Å². The number of nitrogens with zero attached hydrogens (tertiary/aromatic N) is 1. The molecule has 1 aliphatic rings. The lowest BCUT2D eigenvalue weighted by Gasteiger charge is -2.21. The SMILES string of the molecule is O=C(NC1CC1)c1ccc(CN(Cc2ccc(F)cc2)Cc2cccc(F)c2)o1. The number of nitrogens with one attached hydrogen (secondary N) is 1. The molecule has 1 fully saturated rings. The predicted molar refractivity (Wildman–Crippen MR) is 105 cm³/mol. The van der Waals surface area contributed by atoms with Gasteiger partial charge in [0.1, 0.15) is 17.4 Å². The minimum atomic E-state index is -0.290. The van der Waals surface area contributed by atoms with Gasteiger partial charge in [-0.2, -0.15) is 0 Å². The van der Waals surface area contributed by atoms with Crippen LogP contribution >= 0.6 is 0 Å². The van der Waals surface area contributed by atoms with Crippen molar-refractivity contribution >= 4 is 5.91 Å². The van der Waals surface area contributed by atoms with E-state index in [4.69, 9.17) is 4.42 Å². The molecule has 150 valence electrons. The van der Waals surface area contributed by atoms with Crippen molar-refractivity contribution in [3.05, 3.63) is 94.9 Å². The number of carbonyl (C=O) groups excluding carboxylic acids is 1. The van der Waals surface area contributed by atoms with Crippen LogP contribution < -0.4 is 5.32 Å². The van der Waals surface area contributed by atoms with E-state index in [0.29, 0.717) is 31.2 Å². The van der Waals surface area contributed by atoms with Gasteiger partial charge in [0.2, 0.25) is 0 Å². The average molecular weight is 396 g/mol. The van der Waals surface area contributed by atoms with Crippen molar-refractivity contribution in [1.29, 1.82) is 0 Å². The molecule has 0 unspecified atom stereocenters. The molecular formula is C23H22F2N2O2. The second-order valence-corrected chi connectivity index (χ2v) is 7.42. The number of halogens is 2. The summed E-state index contributed by atoms with van der Waals surface area (Å²) >= 11 is 0. The van der Waals surface area contributed by atoms with Crippen LogP contribution in [0.25, 0.3) is 0 Å². The Morgan fingerprint density at radius 1 is 0.931 bits per heavy atom. The van der Waals surface area contributed by atoms with Gasteiger partial charge >= 0.3 is 0 Å². The van der Waals surface area contributed by atoms with Gasteiger partial charge in [0, 0.05) is 19.1 Å². The van der Waals surface area contributed by atoms with E-state index in [1.165, 1.54) is 24.3 Å². The molecule has 3 aromatic rings. The summed E-state index contributed by atoms with van der Waals surface area (Å²) in [5, 5.41) is 2.90. The minimum absolute atomic E-state index is 0.200. The summed E-state index contributed by atoms with van der Waals surface area (Å²) in [5.74, 6) is 0.155. The van der Waals surface area contributed by atoms with Gasteiger partial charge in [-0.25, -0.2) is 8.78 Å². The lowest BCUT2D eigenvalue weighted by atomic mass is 10.1. The zero-order chi connectivity index (χ0) is 20.2. The summed E-state index contributed by atoms with van der Waals surface area (Å²) in [5.41, 5.74) is 1.76. The normalized spacial score (nSPS) is 13.6. The Morgan fingerprint density at radius 2 is 1.69 bits per heavy atom. The van der Waals surface area contributed by atoms with Crippen molar-refractivity contribution in [1.82, 2.24) is 10.2 Å². The molecule has 1 N–H and O–H groups in total. The van der Waals surface area contributed by atoms with Gasteiger partial charge in [-0.3, -0.25) is 9.69 Å². The van der Waals surface area contributed by atoms with Gasteiger partial charge < -0.3 is 9.73 Å². The van der Waals surface area contributed by atoms with E-state index >= 15 is 0 Å². The first-order valence-electron chi connectivity index (χ1n) is 9.66. The Bertz CT molecular complexity index is 981. The zero-order valence-electron chi connectivity index (χ0n) is 15.9. The molecule has 4 rings (SSSR count). The quantitative estimate of drug-likeness (QED) is 0.603. The van der Waals surface area contributed by atoms with E-state index in [0.717, 1.165) is 24.0 Å². The van der Waals surface area contributed by atoms with Gasteiger partial charge in [0.15, 0.2) is 5.76 Å².